The Morgan fingerprint density at radius 2 is 2.10 bits per heavy atom. The molecule has 0 radical (unpaired) electrons. The lowest BCUT2D eigenvalue weighted by molar-refractivity contribution is -0.132. The summed E-state index contributed by atoms with van der Waals surface area (Å²) in [6.07, 6.45) is 0.0587. The van der Waals surface area contributed by atoms with E-state index in [0.29, 0.717) is 6.54 Å². The summed E-state index contributed by atoms with van der Waals surface area (Å²) in [5.41, 5.74) is 0.274. The number of hydrogen-bond acceptors (Lipinski definition) is 3. The molecule has 1 amide bonds. The lowest BCUT2D eigenvalue weighted by atomic mass is 9.96. The van der Waals surface area contributed by atoms with Crippen molar-refractivity contribution in [3.63, 3.8) is 0 Å². The molecular weight excluding hydrogens is 261 g/mol. The third-order valence-electron chi connectivity index (χ3n) is 3.14. The highest BCUT2D eigenvalue weighted by Gasteiger charge is 2.21. The van der Waals surface area contributed by atoms with Crippen molar-refractivity contribution in [1.82, 2.24) is 4.90 Å². The van der Waals surface area contributed by atoms with Crippen LogP contribution in [-0.4, -0.2) is 41.4 Å². The molecule has 0 aliphatic rings. The lowest BCUT2D eigenvalue weighted by Gasteiger charge is -2.21. The molecule has 0 saturated heterocycles. The molecule has 5 heteroatoms. The first-order valence-corrected chi connectivity index (χ1v) is 6.68. The summed E-state index contributed by atoms with van der Waals surface area (Å²) in [5, 5.41) is 8.87. The highest BCUT2D eigenvalue weighted by atomic mass is 19.1. The molecule has 1 aromatic rings. The van der Waals surface area contributed by atoms with E-state index < -0.39 is 11.7 Å². The molecule has 1 atom stereocenters. The Morgan fingerprint density at radius 3 is 2.65 bits per heavy atom. The number of aliphatic hydroxyl groups is 1. The third-order valence-corrected chi connectivity index (χ3v) is 3.14. The molecular formula is C15H20FNO3. The van der Waals surface area contributed by atoms with Crippen molar-refractivity contribution in [3.05, 3.63) is 35.6 Å². The van der Waals surface area contributed by atoms with Crippen molar-refractivity contribution in [2.75, 3.05) is 19.7 Å². The second-order valence-electron chi connectivity index (χ2n) is 4.68. The van der Waals surface area contributed by atoms with Gasteiger partial charge in [0, 0.05) is 31.0 Å². The molecule has 1 N–H and O–H groups in total. The summed E-state index contributed by atoms with van der Waals surface area (Å²) in [4.78, 5) is 25.6. The Hall–Kier alpha value is -1.75. The van der Waals surface area contributed by atoms with Crippen LogP contribution in [0.1, 0.15) is 30.6 Å². The average Bonchev–Trinajstić information content (AvgIpc) is 2.43. The molecule has 0 aliphatic heterocycles. The fourth-order valence-corrected chi connectivity index (χ4v) is 1.99. The second kappa shape index (κ2) is 7.75. The van der Waals surface area contributed by atoms with Crippen molar-refractivity contribution in [2.45, 2.75) is 20.3 Å². The topological polar surface area (TPSA) is 57.6 Å². The van der Waals surface area contributed by atoms with Crippen LogP contribution in [-0.2, 0) is 4.79 Å². The van der Waals surface area contributed by atoms with E-state index in [1.54, 1.807) is 6.92 Å². The molecule has 110 valence electrons. The number of likely N-dealkylation sites (N-methyl/N-ethyl adjacent to an activating group) is 1. The standard InChI is InChI=1S/C15H20FNO3/c1-3-17(7-8-18)14(19)9-11(2)15(20)12-5-4-6-13(16)10-12/h4-6,10-11,18H,3,7-9H2,1-2H3. The van der Waals surface area contributed by atoms with E-state index in [9.17, 15) is 14.0 Å². The van der Waals surface area contributed by atoms with Crippen molar-refractivity contribution >= 4 is 11.7 Å². The number of carbonyl (C=O) groups is 2. The number of rotatable bonds is 7. The number of Topliss-reactive ketones (excluding diaryl/α,β-unsaturated/α-hetero) is 1. The quantitative estimate of drug-likeness (QED) is 0.776. The minimum absolute atomic E-state index is 0.0587. The van der Waals surface area contributed by atoms with Gasteiger partial charge < -0.3 is 10.0 Å². The summed E-state index contributed by atoms with van der Waals surface area (Å²) in [6, 6.07) is 5.46. The fourth-order valence-electron chi connectivity index (χ4n) is 1.99. The highest BCUT2D eigenvalue weighted by molar-refractivity contribution is 5.99. The zero-order valence-corrected chi connectivity index (χ0v) is 11.8. The van der Waals surface area contributed by atoms with Crippen molar-refractivity contribution < 1.29 is 19.1 Å². The van der Waals surface area contributed by atoms with Crippen LogP contribution < -0.4 is 0 Å². The van der Waals surface area contributed by atoms with Crippen molar-refractivity contribution in [1.29, 1.82) is 0 Å². The zero-order chi connectivity index (χ0) is 15.1. The Bertz CT molecular complexity index is 476. The predicted molar refractivity (Wildman–Crippen MR) is 73.9 cm³/mol. The molecule has 1 aromatic carbocycles. The van der Waals surface area contributed by atoms with E-state index in [1.807, 2.05) is 6.92 Å². The van der Waals surface area contributed by atoms with Gasteiger partial charge in [-0.2, -0.15) is 0 Å². The molecule has 0 aromatic heterocycles. The zero-order valence-electron chi connectivity index (χ0n) is 11.8. The number of carbonyl (C=O) groups excluding carboxylic acids is 2. The van der Waals surface area contributed by atoms with Crippen LogP contribution in [0.3, 0.4) is 0 Å². The monoisotopic (exact) mass is 281 g/mol. The Labute approximate surface area is 118 Å². The van der Waals surface area contributed by atoms with Gasteiger partial charge >= 0.3 is 0 Å². The number of nitrogens with zero attached hydrogens (tertiary/aromatic N) is 1. The number of aliphatic hydroxyl groups excluding tert-OH is 1. The summed E-state index contributed by atoms with van der Waals surface area (Å²) in [7, 11) is 0. The predicted octanol–water partition coefficient (Wildman–Crippen LogP) is 1.88. The van der Waals surface area contributed by atoms with Crippen LogP contribution in [0.4, 0.5) is 4.39 Å². The van der Waals surface area contributed by atoms with Gasteiger partial charge in [-0.25, -0.2) is 4.39 Å². The lowest BCUT2D eigenvalue weighted by Crippen LogP contribution is -2.35. The minimum atomic E-state index is -0.517. The summed E-state index contributed by atoms with van der Waals surface area (Å²) in [6.45, 7) is 4.10. The smallest absolute Gasteiger partial charge is 0.223 e. The number of ketones is 1. The van der Waals surface area contributed by atoms with Gasteiger partial charge in [0.15, 0.2) is 5.78 Å². The van der Waals surface area contributed by atoms with Gasteiger partial charge in [0.1, 0.15) is 5.82 Å². The van der Waals surface area contributed by atoms with Crippen LogP contribution >= 0.6 is 0 Å². The molecule has 0 heterocycles. The Kier molecular flexibility index (Phi) is 6.31. The van der Waals surface area contributed by atoms with Gasteiger partial charge in [-0.05, 0) is 19.1 Å². The summed E-state index contributed by atoms with van der Waals surface area (Å²) in [5.74, 6) is -1.42. The van der Waals surface area contributed by atoms with E-state index in [4.69, 9.17) is 5.11 Å². The third kappa shape index (κ3) is 4.42. The molecule has 0 spiro atoms. The first-order valence-electron chi connectivity index (χ1n) is 6.68. The summed E-state index contributed by atoms with van der Waals surface area (Å²) >= 11 is 0. The molecule has 0 fully saturated rings. The van der Waals surface area contributed by atoms with E-state index >= 15 is 0 Å². The molecule has 0 bridgehead atoms. The molecule has 0 aliphatic carbocycles. The van der Waals surface area contributed by atoms with E-state index in [2.05, 4.69) is 0 Å². The number of benzene rings is 1. The first kappa shape index (κ1) is 16.3. The van der Waals surface area contributed by atoms with Gasteiger partial charge in [-0.3, -0.25) is 9.59 Å². The average molecular weight is 281 g/mol. The van der Waals surface area contributed by atoms with E-state index in [-0.39, 0.29) is 36.8 Å². The minimum Gasteiger partial charge on any atom is -0.395 e. The Balaban J connectivity index is 2.68. The van der Waals surface area contributed by atoms with Crippen LogP contribution in [0.2, 0.25) is 0 Å². The van der Waals surface area contributed by atoms with Crippen molar-refractivity contribution in [2.24, 2.45) is 5.92 Å². The number of amides is 1. The summed E-state index contributed by atoms with van der Waals surface area (Å²) < 4.78 is 13.1. The number of halogens is 1. The van der Waals surface area contributed by atoms with Gasteiger partial charge in [0.05, 0.1) is 6.61 Å². The van der Waals surface area contributed by atoms with Gasteiger partial charge in [-0.1, -0.05) is 19.1 Å². The first-order chi connectivity index (χ1) is 9.49. The van der Waals surface area contributed by atoms with Crippen LogP contribution in [0.5, 0.6) is 0 Å². The van der Waals surface area contributed by atoms with Crippen LogP contribution in [0.15, 0.2) is 24.3 Å². The highest BCUT2D eigenvalue weighted by Crippen LogP contribution is 2.14. The molecule has 1 rings (SSSR count). The van der Waals surface area contributed by atoms with E-state index in [0.717, 1.165) is 0 Å². The molecule has 0 saturated carbocycles. The fraction of sp³-hybridized carbons (Fsp3) is 0.467. The van der Waals surface area contributed by atoms with E-state index in [1.165, 1.54) is 29.2 Å². The largest absolute Gasteiger partial charge is 0.395 e. The van der Waals surface area contributed by atoms with Gasteiger partial charge in [0.2, 0.25) is 5.91 Å². The maximum absolute atomic E-state index is 13.1. The Morgan fingerprint density at radius 1 is 1.40 bits per heavy atom. The maximum atomic E-state index is 13.1. The van der Waals surface area contributed by atoms with Crippen LogP contribution in [0.25, 0.3) is 0 Å². The maximum Gasteiger partial charge on any atom is 0.223 e. The number of hydrogen-bond donors (Lipinski definition) is 1. The van der Waals surface area contributed by atoms with Gasteiger partial charge in [0.25, 0.3) is 0 Å². The molecule has 20 heavy (non-hydrogen) atoms. The molecule has 4 nitrogen and oxygen atoms in total. The SMILES string of the molecule is CCN(CCO)C(=O)CC(C)C(=O)c1cccc(F)c1. The molecule has 1 unspecified atom stereocenters. The van der Waals surface area contributed by atoms with Crippen molar-refractivity contribution in [3.8, 4) is 0 Å². The van der Waals surface area contributed by atoms with Gasteiger partial charge in [-0.15, -0.1) is 0 Å². The van der Waals surface area contributed by atoms with Crippen LogP contribution in [0, 0.1) is 11.7 Å². The normalized spacial score (nSPS) is 12.0. The second-order valence-corrected chi connectivity index (χ2v) is 4.68.